The summed E-state index contributed by atoms with van der Waals surface area (Å²) in [6, 6.07) is 6.45. The number of rotatable bonds is 4. The summed E-state index contributed by atoms with van der Waals surface area (Å²) in [6.07, 6.45) is 9.50. The highest BCUT2D eigenvalue weighted by molar-refractivity contribution is 5.05. The molecule has 1 saturated carbocycles. The Labute approximate surface area is 97.4 Å². The van der Waals surface area contributed by atoms with E-state index in [0.717, 1.165) is 18.0 Å². The molecule has 1 aromatic heterocycles. The molecule has 1 fully saturated rings. The molecular weight excluding hydrogens is 198 g/mol. The molecule has 3 heteroatoms. The molecule has 88 valence electrons. The van der Waals surface area contributed by atoms with Crippen molar-refractivity contribution in [3.63, 3.8) is 0 Å². The first-order valence-electron chi connectivity index (χ1n) is 6.26. The Balaban J connectivity index is 1.94. The van der Waals surface area contributed by atoms with Gasteiger partial charge in [-0.05, 0) is 30.9 Å². The first kappa shape index (κ1) is 11.6. The molecule has 3 nitrogen and oxygen atoms in total. The maximum absolute atomic E-state index is 5.67. The minimum atomic E-state index is 0.384. The zero-order valence-corrected chi connectivity index (χ0v) is 9.73. The van der Waals surface area contributed by atoms with E-state index in [1.165, 1.54) is 32.1 Å². The van der Waals surface area contributed by atoms with E-state index < -0.39 is 0 Å². The van der Waals surface area contributed by atoms with Crippen LogP contribution in [0, 0.1) is 5.92 Å². The maximum atomic E-state index is 5.67. The van der Waals surface area contributed by atoms with Gasteiger partial charge in [-0.1, -0.05) is 25.3 Å². The standard InChI is InChI=1S/C13H21N3/c14-16-13(11-6-2-1-3-7-11)10-12-8-4-5-9-15-12/h4-5,8-9,11,13,16H,1-3,6-7,10,14H2. The predicted molar refractivity (Wildman–Crippen MR) is 65.6 cm³/mol. The number of aromatic nitrogens is 1. The fourth-order valence-corrected chi connectivity index (χ4v) is 2.64. The van der Waals surface area contributed by atoms with Crippen molar-refractivity contribution in [1.82, 2.24) is 10.4 Å². The number of hydrogen-bond donors (Lipinski definition) is 2. The quantitative estimate of drug-likeness (QED) is 0.602. The van der Waals surface area contributed by atoms with Gasteiger partial charge >= 0.3 is 0 Å². The molecule has 1 heterocycles. The molecule has 2 rings (SSSR count). The molecule has 1 atom stereocenters. The normalized spacial score (nSPS) is 19.6. The van der Waals surface area contributed by atoms with E-state index in [4.69, 9.17) is 5.84 Å². The average molecular weight is 219 g/mol. The monoisotopic (exact) mass is 219 g/mol. The molecule has 0 amide bonds. The van der Waals surface area contributed by atoms with Gasteiger partial charge in [-0.2, -0.15) is 0 Å². The summed E-state index contributed by atoms with van der Waals surface area (Å²) < 4.78 is 0. The molecule has 1 aliphatic rings. The molecule has 0 aliphatic heterocycles. The fourth-order valence-electron chi connectivity index (χ4n) is 2.64. The molecule has 0 spiro atoms. The first-order chi connectivity index (χ1) is 7.90. The van der Waals surface area contributed by atoms with Crippen molar-refractivity contribution in [1.29, 1.82) is 0 Å². The van der Waals surface area contributed by atoms with Crippen LogP contribution in [0.1, 0.15) is 37.8 Å². The highest BCUT2D eigenvalue weighted by atomic mass is 15.2. The lowest BCUT2D eigenvalue weighted by Crippen LogP contribution is -2.43. The van der Waals surface area contributed by atoms with Crippen LogP contribution in [0.5, 0.6) is 0 Å². The van der Waals surface area contributed by atoms with Crippen LogP contribution >= 0.6 is 0 Å². The fraction of sp³-hybridized carbons (Fsp3) is 0.615. The van der Waals surface area contributed by atoms with E-state index in [2.05, 4.69) is 16.5 Å². The Morgan fingerprint density at radius 1 is 1.31 bits per heavy atom. The molecule has 0 saturated heterocycles. The van der Waals surface area contributed by atoms with Crippen molar-refractivity contribution in [2.24, 2.45) is 11.8 Å². The maximum Gasteiger partial charge on any atom is 0.0419 e. The zero-order chi connectivity index (χ0) is 11.2. The number of hydrogen-bond acceptors (Lipinski definition) is 3. The van der Waals surface area contributed by atoms with Gasteiger partial charge in [-0.25, -0.2) is 0 Å². The van der Waals surface area contributed by atoms with Gasteiger partial charge in [0.25, 0.3) is 0 Å². The number of nitrogens with zero attached hydrogens (tertiary/aromatic N) is 1. The minimum Gasteiger partial charge on any atom is -0.271 e. The van der Waals surface area contributed by atoms with Crippen molar-refractivity contribution in [2.75, 3.05) is 0 Å². The number of pyridine rings is 1. The third-order valence-electron chi connectivity index (χ3n) is 3.59. The van der Waals surface area contributed by atoms with Crippen molar-refractivity contribution in [3.05, 3.63) is 30.1 Å². The van der Waals surface area contributed by atoms with E-state index in [1.807, 2.05) is 18.3 Å². The van der Waals surface area contributed by atoms with Crippen molar-refractivity contribution in [2.45, 2.75) is 44.6 Å². The summed E-state index contributed by atoms with van der Waals surface area (Å²) in [6.45, 7) is 0. The zero-order valence-electron chi connectivity index (χ0n) is 9.73. The van der Waals surface area contributed by atoms with Gasteiger partial charge in [0.15, 0.2) is 0 Å². The molecule has 16 heavy (non-hydrogen) atoms. The Kier molecular flexibility index (Phi) is 4.31. The third-order valence-corrected chi connectivity index (χ3v) is 3.59. The van der Waals surface area contributed by atoms with Crippen LogP contribution in [0.25, 0.3) is 0 Å². The number of nitrogens with one attached hydrogen (secondary N) is 1. The van der Waals surface area contributed by atoms with Crippen LogP contribution in [0.15, 0.2) is 24.4 Å². The van der Waals surface area contributed by atoms with Gasteiger partial charge in [-0.15, -0.1) is 0 Å². The van der Waals surface area contributed by atoms with E-state index >= 15 is 0 Å². The van der Waals surface area contributed by atoms with Gasteiger partial charge in [0, 0.05) is 24.4 Å². The topological polar surface area (TPSA) is 50.9 Å². The second-order valence-electron chi connectivity index (χ2n) is 4.70. The first-order valence-corrected chi connectivity index (χ1v) is 6.26. The smallest absolute Gasteiger partial charge is 0.0419 e. The highest BCUT2D eigenvalue weighted by Gasteiger charge is 2.22. The van der Waals surface area contributed by atoms with Crippen LogP contribution in [0.2, 0.25) is 0 Å². The average Bonchev–Trinajstić information content (AvgIpc) is 2.38. The number of nitrogens with two attached hydrogens (primary N) is 1. The summed E-state index contributed by atoms with van der Waals surface area (Å²) in [7, 11) is 0. The lowest BCUT2D eigenvalue weighted by atomic mass is 9.82. The Hall–Kier alpha value is -0.930. The molecule has 0 radical (unpaired) electrons. The minimum absolute atomic E-state index is 0.384. The van der Waals surface area contributed by atoms with Crippen molar-refractivity contribution in [3.8, 4) is 0 Å². The van der Waals surface area contributed by atoms with Crippen LogP contribution in [0.4, 0.5) is 0 Å². The van der Waals surface area contributed by atoms with Crippen molar-refractivity contribution >= 4 is 0 Å². The summed E-state index contributed by atoms with van der Waals surface area (Å²) in [4.78, 5) is 4.37. The van der Waals surface area contributed by atoms with Gasteiger partial charge in [-0.3, -0.25) is 16.3 Å². The van der Waals surface area contributed by atoms with E-state index in [1.54, 1.807) is 0 Å². The van der Waals surface area contributed by atoms with Crippen molar-refractivity contribution < 1.29 is 0 Å². The SMILES string of the molecule is NNC(Cc1ccccn1)C1CCCCC1. The van der Waals surface area contributed by atoms with Gasteiger partial charge in [0.2, 0.25) is 0 Å². The molecule has 1 aliphatic carbocycles. The Morgan fingerprint density at radius 2 is 2.12 bits per heavy atom. The second kappa shape index (κ2) is 5.97. The molecule has 3 N–H and O–H groups in total. The Bertz CT molecular complexity index is 293. The number of hydrazine groups is 1. The summed E-state index contributed by atoms with van der Waals surface area (Å²) >= 11 is 0. The molecule has 0 aromatic carbocycles. The van der Waals surface area contributed by atoms with Gasteiger partial charge in [0.05, 0.1) is 0 Å². The van der Waals surface area contributed by atoms with Gasteiger partial charge < -0.3 is 0 Å². The third kappa shape index (κ3) is 3.03. The molecular formula is C13H21N3. The highest BCUT2D eigenvalue weighted by Crippen LogP contribution is 2.27. The van der Waals surface area contributed by atoms with Crippen LogP contribution in [-0.2, 0) is 6.42 Å². The predicted octanol–water partition coefficient (Wildman–Crippen LogP) is 2.04. The Morgan fingerprint density at radius 3 is 2.75 bits per heavy atom. The molecule has 1 unspecified atom stereocenters. The lowest BCUT2D eigenvalue weighted by Gasteiger charge is -2.29. The summed E-state index contributed by atoms with van der Waals surface area (Å²) in [5.74, 6) is 6.40. The second-order valence-corrected chi connectivity index (χ2v) is 4.70. The molecule has 1 aromatic rings. The largest absolute Gasteiger partial charge is 0.271 e. The van der Waals surface area contributed by atoms with Gasteiger partial charge in [0.1, 0.15) is 0 Å². The lowest BCUT2D eigenvalue weighted by molar-refractivity contribution is 0.267. The summed E-state index contributed by atoms with van der Waals surface area (Å²) in [5, 5.41) is 0. The van der Waals surface area contributed by atoms with E-state index in [-0.39, 0.29) is 0 Å². The van der Waals surface area contributed by atoms with Crippen LogP contribution in [0.3, 0.4) is 0 Å². The van der Waals surface area contributed by atoms with Crippen LogP contribution < -0.4 is 11.3 Å². The summed E-state index contributed by atoms with van der Waals surface area (Å²) in [5.41, 5.74) is 4.12. The van der Waals surface area contributed by atoms with E-state index in [9.17, 15) is 0 Å². The molecule has 0 bridgehead atoms. The van der Waals surface area contributed by atoms with E-state index in [0.29, 0.717) is 6.04 Å². The van der Waals surface area contributed by atoms with Crippen LogP contribution in [-0.4, -0.2) is 11.0 Å².